The van der Waals surface area contributed by atoms with Crippen LogP contribution in [-0.2, 0) is 17.3 Å². The average molecular weight is 230 g/mol. The number of aromatic nitrogens is 2. The van der Waals surface area contributed by atoms with Crippen molar-refractivity contribution in [3.8, 4) is 0 Å². The van der Waals surface area contributed by atoms with E-state index >= 15 is 0 Å². The molecule has 0 N–H and O–H groups in total. The molecule has 15 heavy (non-hydrogen) atoms. The molecular weight excluding hydrogens is 214 g/mol. The summed E-state index contributed by atoms with van der Waals surface area (Å²) in [5, 5.41) is 0. The molecule has 0 atom stereocenters. The lowest BCUT2D eigenvalue weighted by atomic mass is 10.4. The Hall–Kier alpha value is -0.880. The number of nitrogens with zero attached hydrogens (tertiary/aromatic N) is 3. The fourth-order valence-electron chi connectivity index (χ4n) is 1.48. The predicted molar refractivity (Wildman–Crippen MR) is 55.3 cm³/mol. The van der Waals surface area contributed by atoms with Crippen LogP contribution in [0.1, 0.15) is 12.8 Å². The van der Waals surface area contributed by atoms with Gasteiger partial charge in [-0.3, -0.25) is 0 Å². The molecule has 0 amide bonds. The molecule has 0 radical (unpaired) electrons. The first-order valence-corrected chi connectivity index (χ1v) is 6.40. The lowest BCUT2D eigenvalue weighted by Gasteiger charge is -2.12. The molecule has 1 heterocycles. The molecule has 1 aliphatic carbocycles. The molecule has 1 aromatic heterocycles. The normalized spacial score (nSPS) is 17.3. The van der Waals surface area contributed by atoms with E-state index in [2.05, 4.69) is 0 Å². The van der Waals surface area contributed by atoms with Crippen molar-refractivity contribution in [2.75, 3.05) is 13.6 Å². The first-order chi connectivity index (χ1) is 7.00. The minimum absolute atomic E-state index is 0.564. The molecule has 0 unspecified atom stereocenters. The molecule has 1 aromatic rings. The summed E-state index contributed by atoms with van der Waals surface area (Å²) in [4.78, 5) is 0. The first-order valence-electron chi connectivity index (χ1n) is 5.00. The summed E-state index contributed by atoms with van der Waals surface area (Å²) in [6.07, 6.45) is 7.12. The van der Waals surface area contributed by atoms with Gasteiger partial charge in [0.05, 0.1) is 7.05 Å². The maximum absolute atomic E-state index is 12.0. The van der Waals surface area contributed by atoms with E-state index in [1.807, 2.05) is 0 Å². The second-order valence-corrected chi connectivity index (χ2v) is 6.08. The van der Waals surface area contributed by atoms with E-state index in [9.17, 15) is 8.42 Å². The summed E-state index contributed by atoms with van der Waals surface area (Å²) in [7, 11) is 0.0871. The van der Waals surface area contributed by atoms with Gasteiger partial charge in [-0.2, -0.15) is 12.7 Å². The first kappa shape index (κ1) is 10.6. The minimum Gasteiger partial charge on any atom is -0.238 e. The molecule has 0 aromatic carbocycles. The van der Waals surface area contributed by atoms with Crippen LogP contribution in [0.15, 0.2) is 18.7 Å². The molecule has 5 nitrogen and oxygen atoms in total. The molecule has 0 saturated heterocycles. The summed E-state index contributed by atoms with van der Waals surface area (Å²) < 4.78 is 28.3. The summed E-state index contributed by atoms with van der Waals surface area (Å²) in [6, 6.07) is 0. The van der Waals surface area contributed by atoms with Crippen molar-refractivity contribution in [3.05, 3.63) is 18.7 Å². The molecule has 1 aliphatic rings. The second-order valence-electron chi connectivity index (χ2n) is 4.14. The second kappa shape index (κ2) is 3.61. The van der Waals surface area contributed by atoms with Crippen molar-refractivity contribution in [1.82, 2.24) is 8.28 Å². The Balaban J connectivity index is 2.17. The summed E-state index contributed by atoms with van der Waals surface area (Å²) in [5.41, 5.74) is 0. The quantitative estimate of drug-likeness (QED) is 0.669. The fourth-order valence-corrected chi connectivity index (χ4v) is 2.68. The van der Waals surface area contributed by atoms with Crippen LogP contribution < -0.4 is 4.57 Å². The largest absolute Gasteiger partial charge is 0.379 e. The lowest BCUT2D eigenvalue weighted by molar-refractivity contribution is -0.670. The highest BCUT2D eigenvalue weighted by Gasteiger charge is 2.31. The molecule has 84 valence electrons. The fraction of sp³-hybridized carbons (Fsp3) is 0.667. The molecule has 0 spiro atoms. The van der Waals surface area contributed by atoms with Crippen LogP contribution in [0.25, 0.3) is 0 Å². The van der Waals surface area contributed by atoms with Gasteiger partial charge in [0.1, 0.15) is 12.4 Å². The molecule has 1 fully saturated rings. The van der Waals surface area contributed by atoms with Gasteiger partial charge in [-0.15, -0.1) is 3.97 Å². The van der Waals surface area contributed by atoms with Gasteiger partial charge >= 0.3 is 10.2 Å². The number of aryl methyl sites for hydroxylation is 1. The van der Waals surface area contributed by atoms with Gasteiger partial charge in [-0.05, 0) is 18.8 Å². The third-order valence-corrected chi connectivity index (χ3v) is 4.30. The Morgan fingerprint density at radius 1 is 1.53 bits per heavy atom. The third-order valence-electron chi connectivity index (χ3n) is 2.62. The van der Waals surface area contributed by atoms with Crippen molar-refractivity contribution >= 4 is 10.2 Å². The van der Waals surface area contributed by atoms with Crippen molar-refractivity contribution < 1.29 is 13.0 Å². The maximum Gasteiger partial charge on any atom is 0.379 e. The average Bonchev–Trinajstić information content (AvgIpc) is 2.86. The number of rotatable bonds is 4. The van der Waals surface area contributed by atoms with Crippen LogP contribution in [0.3, 0.4) is 0 Å². The molecule has 0 aliphatic heterocycles. The third kappa shape index (κ3) is 2.21. The van der Waals surface area contributed by atoms with Gasteiger partial charge in [0.25, 0.3) is 6.33 Å². The van der Waals surface area contributed by atoms with Crippen LogP contribution in [0, 0.1) is 5.92 Å². The van der Waals surface area contributed by atoms with Gasteiger partial charge in [-0.1, -0.05) is 0 Å². The monoisotopic (exact) mass is 230 g/mol. The Bertz CT molecular complexity index is 448. The highest BCUT2D eigenvalue weighted by atomic mass is 32.2. The summed E-state index contributed by atoms with van der Waals surface area (Å²) in [6.45, 7) is 0.629. The predicted octanol–water partition coefficient (Wildman–Crippen LogP) is -0.253. The van der Waals surface area contributed by atoms with E-state index in [1.54, 1.807) is 37.4 Å². The lowest BCUT2D eigenvalue weighted by Crippen LogP contribution is -2.34. The van der Waals surface area contributed by atoms with Gasteiger partial charge in [0.15, 0.2) is 0 Å². The number of hydrogen-bond donors (Lipinski definition) is 0. The van der Waals surface area contributed by atoms with E-state index in [0.29, 0.717) is 12.5 Å². The Morgan fingerprint density at radius 3 is 2.67 bits per heavy atom. The van der Waals surface area contributed by atoms with Gasteiger partial charge in [0, 0.05) is 13.6 Å². The van der Waals surface area contributed by atoms with Crippen LogP contribution in [0.4, 0.5) is 0 Å². The topological polar surface area (TPSA) is 46.2 Å². The van der Waals surface area contributed by atoms with Crippen molar-refractivity contribution in [1.29, 1.82) is 0 Å². The van der Waals surface area contributed by atoms with Gasteiger partial charge in [-0.25, -0.2) is 4.57 Å². The van der Waals surface area contributed by atoms with Crippen LogP contribution in [-0.4, -0.2) is 30.3 Å². The number of hydrogen-bond acceptors (Lipinski definition) is 2. The summed E-state index contributed by atoms with van der Waals surface area (Å²) in [5.74, 6) is 0.564. The highest BCUT2D eigenvalue weighted by Crippen LogP contribution is 2.30. The molecule has 0 bridgehead atoms. The zero-order chi connectivity index (χ0) is 11.1. The Kier molecular flexibility index (Phi) is 2.56. The van der Waals surface area contributed by atoms with Crippen molar-refractivity contribution in [2.24, 2.45) is 13.0 Å². The maximum atomic E-state index is 12.0. The van der Waals surface area contributed by atoms with Crippen LogP contribution in [0.2, 0.25) is 0 Å². The van der Waals surface area contributed by atoms with E-state index in [0.717, 1.165) is 12.8 Å². The Labute approximate surface area is 90.1 Å². The Morgan fingerprint density at radius 2 is 2.20 bits per heavy atom. The SMILES string of the molecule is CN(CC1CC1)S(=O)(=O)n1cc[n+](C)c1. The molecule has 1 saturated carbocycles. The van der Waals surface area contributed by atoms with E-state index in [1.165, 1.54) is 8.28 Å². The van der Waals surface area contributed by atoms with E-state index < -0.39 is 10.2 Å². The zero-order valence-corrected chi connectivity index (χ0v) is 9.81. The summed E-state index contributed by atoms with van der Waals surface area (Å²) >= 11 is 0. The van der Waals surface area contributed by atoms with Gasteiger partial charge in [0.2, 0.25) is 0 Å². The molecule has 6 heteroatoms. The van der Waals surface area contributed by atoms with Crippen LogP contribution >= 0.6 is 0 Å². The zero-order valence-electron chi connectivity index (χ0n) is 9.00. The highest BCUT2D eigenvalue weighted by molar-refractivity contribution is 7.87. The van der Waals surface area contributed by atoms with E-state index in [4.69, 9.17) is 0 Å². The van der Waals surface area contributed by atoms with Crippen molar-refractivity contribution in [2.45, 2.75) is 12.8 Å². The smallest absolute Gasteiger partial charge is 0.238 e. The standard InChI is InChI=1S/C9H16N3O2S/c1-10-5-6-12(8-10)15(13,14)11(2)7-9-3-4-9/h5-6,8-9H,3-4,7H2,1-2H3/q+1. The van der Waals surface area contributed by atoms with Crippen LogP contribution in [0.5, 0.6) is 0 Å². The molecular formula is C9H16N3O2S+. The number of imidazole rings is 1. The van der Waals surface area contributed by atoms with Gasteiger partial charge < -0.3 is 0 Å². The van der Waals surface area contributed by atoms with Crippen molar-refractivity contribution in [3.63, 3.8) is 0 Å². The minimum atomic E-state index is -3.34. The molecule has 2 rings (SSSR count). The van der Waals surface area contributed by atoms with E-state index in [-0.39, 0.29) is 0 Å².